The molecule has 4 heterocycles. The van der Waals surface area contributed by atoms with E-state index in [0.29, 0.717) is 0 Å². The van der Waals surface area contributed by atoms with Crippen LogP contribution in [0, 0.1) is 11.8 Å². The average Bonchev–Trinajstić information content (AvgIpc) is 2.80. The smallest absolute Gasteiger partial charge is 0.148 e. The van der Waals surface area contributed by atoms with E-state index in [1.165, 1.54) is 15.6 Å². The molecule has 4 heteroatoms. The van der Waals surface area contributed by atoms with Crippen LogP contribution in [0.1, 0.15) is 18.4 Å². The van der Waals surface area contributed by atoms with E-state index in [2.05, 4.69) is 70.7 Å². The highest BCUT2D eigenvalue weighted by molar-refractivity contribution is 8.03. The van der Waals surface area contributed by atoms with Crippen LogP contribution in [0.25, 0.3) is 5.57 Å². The van der Waals surface area contributed by atoms with Crippen LogP contribution in [-0.4, -0.2) is 18.1 Å². The number of fused-ring (bicyclic) bond motifs is 5. The van der Waals surface area contributed by atoms with Gasteiger partial charge in [-0.3, -0.25) is 4.90 Å². The number of allylic oxidation sites excluding steroid dienone is 2. The summed E-state index contributed by atoms with van der Waals surface area (Å²) in [6.07, 6.45) is 3.96. The molecule has 0 bridgehead atoms. The maximum atomic E-state index is 5.05. The first kappa shape index (κ1) is 14.7. The first-order chi connectivity index (χ1) is 12.3. The van der Waals surface area contributed by atoms with E-state index in [1.54, 1.807) is 11.8 Å². The normalized spacial score (nSPS) is 17.8. The molecule has 0 fully saturated rings. The van der Waals surface area contributed by atoms with Crippen molar-refractivity contribution in [1.82, 2.24) is 4.98 Å². The van der Waals surface area contributed by atoms with Gasteiger partial charge < -0.3 is 4.90 Å². The number of rotatable bonds is 1. The van der Waals surface area contributed by atoms with Crippen molar-refractivity contribution in [2.45, 2.75) is 17.7 Å². The third-order valence-electron chi connectivity index (χ3n) is 4.72. The van der Waals surface area contributed by atoms with E-state index in [0.717, 1.165) is 48.7 Å². The summed E-state index contributed by atoms with van der Waals surface area (Å²) < 4.78 is 0. The zero-order valence-corrected chi connectivity index (χ0v) is 14.6. The molecule has 3 nitrogen and oxygen atoms in total. The van der Waals surface area contributed by atoms with Gasteiger partial charge in [-0.25, -0.2) is 4.98 Å². The van der Waals surface area contributed by atoms with E-state index in [4.69, 9.17) is 4.98 Å². The standard InChI is InChI=1S/C21H17N3S/c1-15-14-20-24(17-8-4-5-9-18(17)25-20)21-16(15)10-11-19(22-21)23-12-6-2-3-7-13-23/h4-5,8-11,14H,1,6-7,12-13H2. The molecule has 0 radical (unpaired) electrons. The molecule has 0 unspecified atom stereocenters. The van der Waals surface area contributed by atoms with Gasteiger partial charge in [0.05, 0.1) is 10.7 Å². The number of thioether (sulfide) groups is 1. The van der Waals surface area contributed by atoms with Gasteiger partial charge in [0.1, 0.15) is 11.6 Å². The molecular weight excluding hydrogens is 326 g/mol. The van der Waals surface area contributed by atoms with Gasteiger partial charge in [-0.1, -0.05) is 30.5 Å². The highest BCUT2D eigenvalue weighted by atomic mass is 32.2. The second-order valence-corrected chi connectivity index (χ2v) is 7.36. The molecule has 0 aliphatic carbocycles. The predicted molar refractivity (Wildman–Crippen MR) is 105 cm³/mol. The van der Waals surface area contributed by atoms with Crippen LogP contribution in [0.3, 0.4) is 0 Å². The quantitative estimate of drug-likeness (QED) is 0.693. The van der Waals surface area contributed by atoms with Crippen LogP contribution >= 0.6 is 11.8 Å². The van der Waals surface area contributed by atoms with E-state index >= 15 is 0 Å². The summed E-state index contributed by atoms with van der Waals surface area (Å²) in [5.74, 6) is 8.43. The Balaban J connectivity index is 1.61. The molecule has 0 saturated heterocycles. The Bertz CT molecular complexity index is 968. The fraction of sp³-hybridized carbons (Fsp3) is 0.190. The van der Waals surface area contributed by atoms with Crippen molar-refractivity contribution in [3.63, 3.8) is 0 Å². The molecule has 0 atom stereocenters. The van der Waals surface area contributed by atoms with Crippen LogP contribution < -0.4 is 9.80 Å². The van der Waals surface area contributed by atoms with Crippen LogP contribution in [0.4, 0.5) is 17.3 Å². The molecular formula is C21H17N3S. The number of benzene rings is 1. The Morgan fingerprint density at radius 2 is 1.84 bits per heavy atom. The number of hydrogen-bond donors (Lipinski definition) is 0. The van der Waals surface area contributed by atoms with Crippen LogP contribution in [0.5, 0.6) is 0 Å². The predicted octanol–water partition coefficient (Wildman–Crippen LogP) is 4.80. The summed E-state index contributed by atoms with van der Waals surface area (Å²) in [4.78, 5) is 10.9. The molecule has 5 rings (SSSR count). The number of nitrogens with zero attached hydrogens (tertiary/aromatic N) is 3. The molecule has 0 N–H and O–H groups in total. The topological polar surface area (TPSA) is 19.4 Å². The lowest BCUT2D eigenvalue weighted by atomic mass is 10.0. The SMILES string of the molecule is C=C1C=C2Sc3ccccc3N2c2nc(N3CCC#CCC3)ccc21. The van der Waals surface area contributed by atoms with Crippen LogP contribution in [0.15, 0.2) is 59.0 Å². The van der Waals surface area contributed by atoms with E-state index in [-0.39, 0.29) is 0 Å². The monoisotopic (exact) mass is 343 g/mol. The van der Waals surface area contributed by atoms with Crippen molar-refractivity contribution in [2.24, 2.45) is 0 Å². The minimum Gasteiger partial charge on any atom is -0.355 e. The molecule has 3 aliphatic heterocycles. The first-order valence-corrected chi connectivity index (χ1v) is 9.32. The minimum absolute atomic E-state index is 0.902. The molecule has 2 aromatic rings. The van der Waals surface area contributed by atoms with Gasteiger partial charge in [0, 0.05) is 36.4 Å². The fourth-order valence-corrected chi connectivity index (χ4v) is 4.59. The second-order valence-electron chi connectivity index (χ2n) is 6.29. The Labute approximate surface area is 152 Å². The molecule has 0 amide bonds. The summed E-state index contributed by atoms with van der Waals surface area (Å²) in [5, 5.41) is 1.18. The second kappa shape index (κ2) is 5.72. The fourth-order valence-electron chi connectivity index (χ4n) is 3.48. The molecule has 0 spiro atoms. The van der Waals surface area contributed by atoms with Gasteiger partial charge >= 0.3 is 0 Å². The molecule has 122 valence electrons. The lowest BCUT2D eigenvalue weighted by molar-refractivity contribution is 0.800. The Hall–Kier alpha value is -2.64. The largest absolute Gasteiger partial charge is 0.355 e. The average molecular weight is 343 g/mol. The lowest BCUT2D eigenvalue weighted by Gasteiger charge is -2.29. The van der Waals surface area contributed by atoms with Crippen molar-refractivity contribution in [1.29, 1.82) is 0 Å². The minimum atomic E-state index is 0.902. The van der Waals surface area contributed by atoms with E-state index < -0.39 is 0 Å². The van der Waals surface area contributed by atoms with Gasteiger partial charge in [0.15, 0.2) is 0 Å². The van der Waals surface area contributed by atoms with Gasteiger partial charge in [0.25, 0.3) is 0 Å². The molecule has 1 aromatic heterocycles. The summed E-state index contributed by atoms with van der Waals surface area (Å²) in [7, 11) is 0. The van der Waals surface area contributed by atoms with Crippen molar-refractivity contribution < 1.29 is 0 Å². The zero-order chi connectivity index (χ0) is 16.8. The van der Waals surface area contributed by atoms with Gasteiger partial charge in [-0.15, -0.1) is 11.8 Å². The summed E-state index contributed by atoms with van der Waals surface area (Å²) in [6, 6.07) is 12.8. The van der Waals surface area contributed by atoms with E-state index in [1.807, 2.05) is 0 Å². The third kappa shape index (κ3) is 2.35. The van der Waals surface area contributed by atoms with Crippen molar-refractivity contribution in [3.8, 4) is 11.8 Å². The maximum absolute atomic E-state index is 5.05. The molecule has 1 aromatic carbocycles. The molecule has 0 saturated carbocycles. The Morgan fingerprint density at radius 1 is 1.04 bits per heavy atom. The van der Waals surface area contributed by atoms with Crippen LogP contribution in [-0.2, 0) is 0 Å². The third-order valence-corrected chi connectivity index (χ3v) is 5.79. The lowest BCUT2D eigenvalue weighted by Crippen LogP contribution is -2.26. The zero-order valence-electron chi connectivity index (χ0n) is 13.8. The summed E-state index contributed by atoms with van der Waals surface area (Å²) in [6.45, 7) is 6.12. The summed E-state index contributed by atoms with van der Waals surface area (Å²) in [5.41, 5.74) is 3.34. The van der Waals surface area contributed by atoms with Crippen LogP contribution in [0.2, 0.25) is 0 Å². The molecule has 3 aliphatic rings. The maximum Gasteiger partial charge on any atom is 0.148 e. The number of anilines is 3. The summed E-state index contributed by atoms with van der Waals surface area (Å²) >= 11 is 1.78. The first-order valence-electron chi connectivity index (χ1n) is 8.51. The number of aromatic nitrogens is 1. The van der Waals surface area contributed by atoms with Crippen molar-refractivity contribution >= 4 is 34.7 Å². The van der Waals surface area contributed by atoms with Crippen molar-refractivity contribution in [2.75, 3.05) is 22.9 Å². The number of hydrogen-bond acceptors (Lipinski definition) is 4. The Morgan fingerprint density at radius 3 is 2.68 bits per heavy atom. The van der Waals surface area contributed by atoms with Gasteiger partial charge in [0.2, 0.25) is 0 Å². The highest BCUT2D eigenvalue weighted by Crippen LogP contribution is 2.53. The van der Waals surface area contributed by atoms with E-state index in [9.17, 15) is 0 Å². The number of para-hydroxylation sites is 1. The van der Waals surface area contributed by atoms with Gasteiger partial charge in [-0.2, -0.15) is 0 Å². The van der Waals surface area contributed by atoms with Gasteiger partial charge in [-0.05, 0) is 35.9 Å². The number of pyridine rings is 1. The van der Waals surface area contributed by atoms with Crippen molar-refractivity contribution in [3.05, 3.63) is 59.6 Å². The highest BCUT2D eigenvalue weighted by Gasteiger charge is 2.32. The Kier molecular flexibility index (Phi) is 3.36. The molecule has 25 heavy (non-hydrogen) atoms.